The molecule has 0 heterocycles. The molecule has 0 radical (unpaired) electrons. The van der Waals surface area contributed by atoms with E-state index in [0.717, 1.165) is 15.4 Å². The van der Waals surface area contributed by atoms with Crippen LogP contribution in [-0.2, 0) is 26.2 Å². The number of nitrogens with one attached hydrogen (secondary N) is 1. The number of hydrogen-bond donors (Lipinski definition) is 1. The lowest BCUT2D eigenvalue weighted by Crippen LogP contribution is -2.53. The second kappa shape index (κ2) is 13.3. The Labute approximate surface area is 231 Å². The predicted octanol–water partition coefficient (Wildman–Crippen LogP) is 4.53. The van der Waals surface area contributed by atoms with Gasteiger partial charge in [-0.2, -0.15) is 0 Å². The highest BCUT2D eigenvalue weighted by Crippen LogP contribution is 2.25. The average Bonchev–Trinajstić information content (AvgIpc) is 2.92. The molecule has 0 saturated carbocycles. The first kappa shape index (κ1) is 29.7. The van der Waals surface area contributed by atoms with Crippen molar-refractivity contribution in [2.75, 3.05) is 18.0 Å². The maximum Gasteiger partial charge on any atom is 0.264 e. The van der Waals surface area contributed by atoms with Crippen LogP contribution < -0.4 is 14.4 Å². The minimum Gasteiger partial charge on any atom is -0.497 e. The number of carbonyl (C=O) groups is 2. The van der Waals surface area contributed by atoms with Gasteiger partial charge < -0.3 is 15.0 Å². The molecule has 0 bridgehead atoms. The van der Waals surface area contributed by atoms with E-state index in [0.29, 0.717) is 17.9 Å². The number of methoxy groups -OCH3 is 1. The third-order valence-corrected chi connectivity index (χ3v) is 8.05. The van der Waals surface area contributed by atoms with Gasteiger partial charge in [0.1, 0.15) is 18.3 Å². The second-order valence-electron chi connectivity index (χ2n) is 9.62. The van der Waals surface area contributed by atoms with Crippen molar-refractivity contribution in [2.45, 2.75) is 57.6 Å². The maximum absolute atomic E-state index is 14.0. The van der Waals surface area contributed by atoms with Crippen molar-refractivity contribution in [1.29, 1.82) is 0 Å². The number of amides is 2. The SMILES string of the molecule is CC[C@H](C(=O)NC(C)C)N(Cc1ccc(OC)cc1)C(=O)CN(c1ccc(C)cc1)S(=O)(=O)c1ccccc1. The molecule has 9 heteroatoms. The third kappa shape index (κ3) is 7.60. The summed E-state index contributed by atoms with van der Waals surface area (Å²) in [5.41, 5.74) is 2.11. The van der Waals surface area contributed by atoms with Gasteiger partial charge in [0.2, 0.25) is 11.8 Å². The summed E-state index contributed by atoms with van der Waals surface area (Å²) in [6.45, 7) is 7.09. The summed E-state index contributed by atoms with van der Waals surface area (Å²) in [4.78, 5) is 28.7. The molecule has 0 aliphatic carbocycles. The Balaban J connectivity index is 2.04. The van der Waals surface area contributed by atoms with Gasteiger partial charge in [0.15, 0.2) is 0 Å². The largest absolute Gasteiger partial charge is 0.497 e. The van der Waals surface area contributed by atoms with Gasteiger partial charge >= 0.3 is 0 Å². The Morgan fingerprint density at radius 1 is 0.923 bits per heavy atom. The highest BCUT2D eigenvalue weighted by atomic mass is 32.2. The van der Waals surface area contributed by atoms with Gasteiger partial charge in [0.25, 0.3) is 10.0 Å². The summed E-state index contributed by atoms with van der Waals surface area (Å²) >= 11 is 0. The zero-order valence-electron chi connectivity index (χ0n) is 23.1. The fraction of sp³-hybridized carbons (Fsp3) is 0.333. The van der Waals surface area contributed by atoms with Gasteiger partial charge in [0.05, 0.1) is 17.7 Å². The molecule has 208 valence electrons. The standard InChI is InChI=1S/C30H37N3O5S/c1-6-28(30(35)31-22(2)3)32(20-24-14-18-26(38-5)19-15-24)29(34)21-33(25-16-12-23(4)13-17-25)39(36,37)27-10-8-7-9-11-27/h7-19,22,28H,6,20-21H2,1-5H3,(H,31,35)/t28-/m1/s1. The predicted molar refractivity (Wildman–Crippen MR) is 153 cm³/mol. The number of hydrogen-bond acceptors (Lipinski definition) is 5. The quantitative estimate of drug-likeness (QED) is 0.357. The van der Waals surface area contributed by atoms with Crippen molar-refractivity contribution in [1.82, 2.24) is 10.2 Å². The lowest BCUT2D eigenvalue weighted by Gasteiger charge is -2.33. The molecule has 8 nitrogen and oxygen atoms in total. The van der Waals surface area contributed by atoms with Crippen LogP contribution in [0.5, 0.6) is 5.75 Å². The number of carbonyl (C=O) groups excluding carboxylic acids is 2. The summed E-state index contributed by atoms with van der Waals surface area (Å²) in [5, 5.41) is 2.90. The molecule has 0 spiro atoms. The Morgan fingerprint density at radius 2 is 1.54 bits per heavy atom. The Morgan fingerprint density at radius 3 is 2.08 bits per heavy atom. The highest BCUT2D eigenvalue weighted by molar-refractivity contribution is 7.92. The molecule has 0 aliphatic heterocycles. The number of rotatable bonds is 12. The topological polar surface area (TPSA) is 96.0 Å². The molecule has 1 N–H and O–H groups in total. The highest BCUT2D eigenvalue weighted by Gasteiger charge is 2.33. The fourth-order valence-corrected chi connectivity index (χ4v) is 5.62. The second-order valence-corrected chi connectivity index (χ2v) is 11.5. The van der Waals surface area contributed by atoms with Crippen LogP contribution in [0.15, 0.2) is 83.8 Å². The Bertz CT molecular complexity index is 1340. The van der Waals surface area contributed by atoms with E-state index in [1.165, 1.54) is 17.0 Å². The molecule has 1 atom stereocenters. The molecule has 39 heavy (non-hydrogen) atoms. The maximum atomic E-state index is 14.0. The van der Waals surface area contributed by atoms with Crippen LogP contribution in [0.2, 0.25) is 0 Å². The molecule has 3 aromatic rings. The van der Waals surface area contributed by atoms with Gasteiger partial charge in [-0.25, -0.2) is 8.42 Å². The molecule has 0 aliphatic rings. The van der Waals surface area contributed by atoms with E-state index in [4.69, 9.17) is 4.74 Å². The number of benzene rings is 3. The monoisotopic (exact) mass is 551 g/mol. The van der Waals surface area contributed by atoms with Crippen LogP contribution in [0.1, 0.15) is 38.3 Å². The zero-order valence-corrected chi connectivity index (χ0v) is 23.9. The van der Waals surface area contributed by atoms with E-state index in [9.17, 15) is 18.0 Å². The first-order chi connectivity index (χ1) is 18.6. The minimum atomic E-state index is -4.08. The Hall–Kier alpha value is -3.85. The van der Waals surface area contributed by atoms with E-state index in [2.05, 4.69) is 5.32 Å². The summed E-state index contributed by atoms with van der Waals surface area (Å²) < 4.78 is 33.9. The molecule has 3 rings (SSSR count). The van der Waals surface area contributed by atoms with Gasteiger partial charge in [-0.15, -0.1) is 0 Å². The summed E-state index contributed by atoms with van der Waals surface area (Å²) in [6, 6.07) is 21.3. The lowest BCUT2D eigenvalue weighted by atomic mass is 10.1. The van der Waals surface area contributed by atoms with Crippen LogP contribution in [0.3, 0.4) is 0 Å². The summed E-state index contributed by atoms with van der Waals surface area (Å²) in [5.74, 6) is -0.112. The van der Waals surface area contributed by atoms with Crippen molar-refractivity contribution < 1.29 is 22.7 Å². The number of sulfonamides is 1. The van der Waals surface area contributed by atoms with Crippen LogP contribution in [0.25, 0.3) is 0 Å². The van der Waals surface area contributed by atoms with Gasteiger partial charge in [0, 0.05) is 12.6 Å². The smallest absolute Gasteiger partial charge is 0.264 e. The van der Waals surface area contributed by atoms with Gasteiger partial charge in [-0.1, -0.05) is 55.0 Å². The third-order valence-electron chi connectivity index (χ3n) is 6.26. The molecule has 0 aromatic heterocycles. The van der Waals surface area contributed by atoms with E-state index >= 15 is 0 Å². The number of aryl methyl sites for hydroxylation is 1. The van der Waals surface area contributed by atoms with Gasteiger partial charge in [-0.3, -0.25) is 13.9 Å². The number of anilines is 1. The fourth-order valence-electron chi connectivity index (χ4n) is 4.19. The molecule has 0 saturated heterocycles. The summed E-state index contributed by atoms with van der Waals surface area (Å²) in [6.07, 6.45) is 0.358. The normalized spacial score (nSPS) is 12.1. The summed E-state index contributed by atoms with van der Waals surface area (Å²) in [7, 11) is -2.51. The molecule has 0 fully saturated rings. The van der Waals surface area contributed by atoms with Crippen LogP contribution in [-0.4, -0.2) is 50.9 Å². The molecular weight excluding hydrogens is 514 g/mol. The van der Waals surface area contributed by atoms with Crippen LogP contribution in [0.4, 0.5) is 5.69 Å². The van der Waals surface area contributed by atoms with Crippen LogP contribution in [0, 0.1) is 6.92 Å². The van der Waals surface area contributed by atoms with E-state index < -0.39 is 28.5 Å². The van der Waals surface area contributed by atoms with E-state index in [1.807, 2.05) is 39.8 Å². The van der Waals surface area contributed by atoms with Gasteiger partial charge in [-0.05, 0) is 69.2 Å². The van der Waals surface area contributed by atoms with E-state index in [-0.39, 0.29) is 23.4 Å². The van der Waals surface area contributed by atoms with Crippen molar-refractivity contribution in [2.24, 2.45) is 0 Å². The first-order valence-electron chi connectivity index (χ1n) is 12.9. The Kier molecular flexibility index (Phi) is 10.1. The number of nitrogens with zero attached hydrogens (tertiary/aromatic N) is 2. The zero-order chi connectivity index (χ0) is 28.6. The lowest BCUT2D eigenvalue weighted by molar-refractivity contribution is -0.140. The van der Waals surface area contributed by atoms with Crippen LogP contribution >= 0.6 is 0 Å². The minimum absolute atomic E-state index is 0.0738. The first-order valence-corrected chi connectivity index (χ1v) is 14.4. The molecular formula is C30H37N3O5S. The van der Waals surface area contributed by atoms with Crippen molar-refractivity contribution >= 4 is 27.5 Å². The molecule has 2 amide bonds. The number of ether oxygens (including phenoxy) is 1. The van der Waals surface area contributed by atoms with Crippen molar-refractivity contribution in [3.05, 3.63) is 90.0 Å². The van der Waals surface area contributed by atoms with E-state index in [1.54, 1.807) is 61.7 Å². The molecule has 0 unspecified atom stereocenters. The van der Waals surface area contributed by atoms with Crippen molar-refractivity contribution in [3.8, 4) is 5.75 Å². The molecule has 3 aromatic carbocycles. The van der Waals surface area contributed by atoms with Crippen molar-refractivity contribution in [3.63, 3.8) is 0 Å². The average molecular weight is 552 g/mol.